The molecule has 1 aromatic rings. The molecule has 2 rings (SSSR count). The highest BCUT2D eigenvalue weighted by atomic mass is 32.1. The van der Waals surface area contributed by atoms with E-state index in [1.54, 1.807) is 0 Å². The van der Waals surface area contributed by atoms with E-state index in [9.17, 15) is 5.11 Å². The lowest BCUT2D eigenvalue weighted by atomic mass is 9.63. The molecular weight excluding hydrogens is 278 g/mol. The molecule has 21 heavy (non-hydrogen) atoms. The summed E-state index contributed by atoms with van der Waals surface area (Å²) in [5.74, 6) is 0. The molecule has 1 aliphatic rings. The first-order valence-electron chi connectivity index (χ1n) is 7.72. The van der Waals surface area contributed by atoms with Crippen LogP contribution in [0.1, 0.15) is 51.2 Å². The molecule has 0 amide bonds. The SMILES string of the molecule is Cc1cccc(C(=S)NC[C@@]2(C)C[C@@H](O)CC(C)(C)C2)c1. The van der Waals surface area contributed by atoms with Gasteiger partial charge in [0.1, 0.15) is 4.99 Å². The highest BCUT2D eigenvalue weighted by Gasteiger charge is 2.40. The van der Waals surface area contributed by atoms with Crippen LogP contribution >= 0.6 is 12.2 Å². The Morgan fingerprint density at radius 3 is 2.67 bits per heavy atom. The molecule has 3 heteroatoms. The molecule has 0 aromatic heterocycles. The quantitative estimate of drug-likeness (QED) is 0.832. The van der Waals surface area contributed by atoms with Crippen molar-refractivity contribution in [2.45, 2.75) is 53.1 Å². The Kier molecular flexibility index (Phi) is 4.74. The van der Waals surface area contributed by atoms with Crippen molar-refractivity contribution in [3.63, 3.8) is 0 Å². The van der Waals surface area contributed by atoms with Crippen molar-refractivity contribution in [3.8, 4) is 0 Å². The van der Waals surface area contributed by atoms with Gasteiger partial charge in [-0.15, -0.1) is 0 Å². The van der Waals surface area contributed by atoms with Gasteiger partial charge in [-0.3, -0.25) is 0 Å². The van der Waals surface area contributed by atoms with Crippen LogP contribution in [0.5, 0.6) is 0 Å². The van der Waals surface area contributed by atoms with Gasteiger partial charge >= 0.3 is 0 Å². The normalized spacial score (nSPS) is 28.1. The first kappa shape index (κ1) is 16.4. The van der Waals surface area contributed by atoms with Crippen LogP contribution in [0.4, 0.5) is 0 Å². The second-order valence-corrected chi connectivity index (χ2v) is 8.17. The van der Waals surface area contributed by atoms with Gasteiger partial charge in [-0.25, -0.2) is 0 Å². The van der Waals surface area contributed by atoms with E-state index in [-0.39, 0.29) is 16.9 Å². The van der Waals surface area contributed by atoms with Crippen LogP contribution in [-0.2, 0) is 0 Å². The number of hydrogen-bond donors (Lipinski definition) is 2. The maximum Gasteiger partial charge on any atom is 0.106 e. The van der Waals surface area contributed by atoms with Crippen LogP contribution in [0.2, 0.25) is 0 Å². The Morgan fingerprint density at radius 2 is 2.05 bits per heavy atom. The average Bonchev–Trinajstić information content (AvgIpc) is 2.33. The van der Waals surface area contributed by atoms with Gasteiger partial charge in [0.2, 0.25) is 0 Å². The highest BCUT2D eigenvalue weighted by molar-refractivity contribution is 7.80. The number of thiocarbonyl (C=S) groups is 1. The predicted molar refractivity (Wildman–Crippen MR) is 92.6 cm³/mol. The summed E-state index contributed by atoms with van der Waals surface area (Å²) in [4.78, 5) is 0.804. The maximum atomic E-state index is 10.1. The summed E-state index contributed by atoms with van der Waals surface area (Å²) in [6.07, 6.45) is 2.65. The Morgan fingerprint density at radius 1 is 1.33 bits per heavy atom. The number of benzene rings is 1. The molecule has 1 fully saturated rings. The van der Waals surface area contributed by atoms with E-state index in [1.165, 1.54) is 5.56 Å². The minimum Gasteiger partial charge on any atom is -0.393 e. The molecule has 1 aromatic carbocycles. The molecule has 2 atom stereocenters. The fraction of sp³-hybridized carbons (Fsp3) is 0.611. The molecule has 0 saturated heterocycles. The Hall–Kier alpha value is -0.930. The van der Waals surface area contributed by atoms with Gasteiger partial charge < -0.3 is 10.4 Å². The third kappa shape index (κ3) is 4.52. The number of rotatable bonds is 3. The molecule has 0 heterocycles. The molecule has 116 valence electrons. The summed E-state index contributed by atoms with van der Waals surface area (Å²) >= 11 is 5.51. The lowest BCUT2D eigenvalue weighted by Crippen LogP contribution is -2.45. The van der Waals surface area contributed by atoms with Gasteiger partial charge in [0.25, 0.3) is 0 Å². The van der Waals surface area contributed by atoms with Gasteiger partial charge in [-0.1, -0.05) is 56.8 Å². The molecule has 1 aliphatic carbocycles. The topological polar surface area (TPSA) is 32.3 Å². The maximum absolute atomic E-state index is 10.1. The zero-order valence-corrected chi connectivity index (χ0v) is 14.4. The van der Waals surface area contributed by atoms with Crippen molar-refractivity contribution in [1.82, 2.24) is 5.32 Å². The van der Waals surface area contributed by atoms with Crippen molar-refractivity contribution in [2.24, 2.45) is 10.8 Å². The first-order valence-corrected chi connectivity index (χ1v) is 8.13. The summed E-state index contributed by atoms with van der Waals surface area (Å²) in [6.45, 7) is 9.63. The van der Waals surface area contributed by atoms with Crippen molar-refractivity contribution < 1.29 is 5.11 Å². The van der Waals surface area contributed by atoms with Gasteiger partial charge in [-0.05, 0) is 43.1 Å². The third-order valence-corrected chi connectivity index (χ3v) is 4.76. The highest BCUT2D eigenvalue weighted by Crippen LogP contribution is 2.45. The Labute approximate surface area is 134 Å². The van der Waals surface area contributed by atoms with Crippen LogP contribution in [0, 0.1) is 17.8 Å². The Bertz CT molecular complexity index is 526. The molecule has 2 N–H and O–H groups in total. The largest absolute Gasteiger partial charge is 0.393 e. The van der Waals surface area contributed by atoms with Crippen LogP contribution in [0.3, 0.4) is 0 Å². The van der Waals surface area contributed by atoms with Crippen LogP contribution < -0.4 is 5.32 Å². The van der Waals surface area contributed by atoms with E-state index in [0.717, 1.165) is 36.4 Å². The van der Waals surface area contributed by atoms with Crippen molar-refractivity contribution in [3.05, 3.63) is 35.4 Å². The van der Waals surface area contributed by atoms with E-state index in [4.69, 9.17) is 12.2 Å². The number of aliphatic hydroxyl groups is 1. The Balaban J connectivity index is 2.00. The van der Waals surface area contributed by atoms with E-state index < -0.39 is 0 Å². The molecule has 0 aliphatic heterocycles. The minimum absolute atomic E-state index is 0.0923. The smallest absolute Gasteiger partial charge is 0.106 e. The first-order chi connectivity index (χ1) is 9.69. The van der Waals surface area contributed by atoms with E-state index in [1.807, 2.05) is 12.1 Å². The van der Waals surface area contributed by atoms with Gasteiger partial charge in [0.05, 0.1) is 6.10 Å². The molecule has 1 saturated carbocycles. The minimum atomic E-state index is -0.201. The summed E-state index contributed by atoms with van der Waals surface area (Å²) < 4.78 is 0. The average molecular weight is 305 g/mol. The fourth-order valence-corrected chi connectivity index (χ4v) is 4.09. The van der Waals surface area contributed by atoms with E-state index >= 15 is 0 Å². The van der Waals surface area contributed by atoms with Crippen LogP contribution in [0.25, 0.3) is 0 Å². The fourth-order valence-electron chi connectivity index (χ4n) is 3.90. The lowest BCUT2D eigenvalue weighted by molar-refractivity contribution is -0.00679. The summed E-state index contributed by atoms with van der Waals surface area (Å²) in [7, 11) is 0. The second-order valence-electron chi connectivity index (χ2n) is 7.77. The van der Waals surface area contributed by atoms with Gasteiger partial charge in [-0.2, -0.15) is 0 Å². The summed E-state index contributed by atoms with van der Waals surface area (Å²) in [5.41, 5.74) is 2.58. The van der Waals surface area contributed by atoms with E-state index in [0.29, 0.717) is 0 Å². The van der Waals surface area contributed by atoms with Crippen molar-refractivity contribution in [1.29, 1.82) is 0 Å². The molecule has 0 unspecified atom stereocenters. The van der Waals surface area contributed by atoms with E-state index in [2.05, 4.69) is 45.1 Å². The summed E-state index contributed by atoms with van der Waals surface area (Å²) in [6, 6.07) is 8.27. The number of hydrogen-bond acceptors (Lipinski definition) is 2. The van der Waals surface area contributed by atoms with Gasteiger partial charge in [0, 0.05) is 12.1 Å². The molecule has 0 bridgehead atoms. The monoisotopic (exact) mass is 305 g/mol. The number of aliphatic hydroxyl groups excluding tert-OH is 1. The third-order valence-electron chi connectivity index (χ3n) is 4.38. The molecule has 2 nitrogen and oxygen atoms in total. The lowest BCUT2D eigenvalue weighted by Gasteiger charge is -2.45. The summed E-state index contributed by atoms with van der Waals surface area (Å²) in [5, 5.41) is 13.6. The molecular formula is C18H27NOS. The molecule has 0 radical (unpaired) electrons. The number of nitrogens with one attached hydrogen (secondary N) is 1. The number of aryl methyl sites for hydroxylation is 1. The second kappa shape index (κ2) is 6.05. The zero-order chi connectivity index (χ0) is 15.7. The van der Waals surface area contributed by atoms with Crippen molar-refractivity contribution in [2.75, 3.05) is 6.54 Å². The predicted octanol–water partition coefficient (Wildman–Crippen LogP) is 3.84. The van der Waals surface area contributed by atoms with Gasteiger partial charge in [0.15, 0.2) is 0 Å². The van der Waals surface area contributed by atoms with Crippen LogP contribution in [-0.4, -0.2) is 22.7 Å². The van der Waals surface area contributed by atoms with Crippen LogP contribution in [0.15, 0.2) is 24.3 Å². The standard InChI is InChI=1S/C18H27NOS/c1-13-6-5-7-14(8-13)16(21)19-12-18(4)10-15(20)9-17(2,3)11-18/h5-8,15,20H,9-12H2,1-4H3,(H,19,21)/t15-,18-/m0/s1. The van der Waals surface area contributed by atoms with Crippen molar-refractivity contribution >= 4 is 17.2 Å². The zero-order valence-electron chi connectivity index (χ0n) is 13.6. The molecule has 0 spiro atoms.